The lowest BCUT2D eigenvalue weighted by Crippen LogP contribution is -2.52. The van der Waals surface area contributed by atoms with Crippen molar-refractivity contribution in [2.75, 3.05) is 13.2 Å². The van der Waals surface area contributed by atoms with E-state index >= 15 is 0 Å². The lowest BCUT2D eigenvalue weighted by molar-refractivity contribution is -0.153. The molecule has 0 radical (unpaired) electrons. The van der Waals surface area contributed by atoms with Gasteiger partial charge in [0, 0.05) is 5.54 Å². The summed E-state index contributed by atoms with van der Waals surface area (Å²) in [4.78, 5) is 26.4. The van der Waals surface area contributed by atoms with Crippen molar-refractivity contribution in [3.63, 3.8) is 0 Å². The van der Waals surface area contributed by atoms with Gasteiger partial charge in [-0.2, -0.15) is 13.2 Å². The number of halogens is 3. The van der Waals surface area contributed by atoms with Gasteiger partial charge in [0.05, 0.1) is 18.6 Å². The number of rotatable bonds is 7. The topological polar surface area (TPSA) is 46.6 Å². The smallest absolute Gasteiger partial charge is 0.416 e. The van der Waals surface area contributed by atoms with Gasteiger partial charge in [0.25, 0.3) is 0 Å². The molecule has 1 rings (SSSR count). The number of alkyl halides is 3. The van der Waals surface area contributed by atoms with E-state index < -0.39 is 29.2 Å². The fraction of sp³-hybridized carbons (Fsp3) is 0.619. The Hall–Kier alpha value is -2.05. The quantitative estimate of drug-likeness (QED) is 0.614. The van der Waals surface area contributed by atoms with Crippen LogP contribution in [-0.2, 0) is 26.9 Å². The van der Waals surface area contributed by atoms with E-state index in [0.29, 0.717) is 6.42 Å². The van der Waals surface area contributed by atoms with Crippen LogP contribution in [0.2, 0.25) is 0 Å². The standard InChI is InChI=1S/C21H30F3NO3/c1-7-28-18(27)13-25(20(5,6)14-19(2,3)4)17(26)12-15-9-8-10-16(11-15)21(22,23)24/h8-11H,7,12-14H2,1-6H3. The third-order valence-electron chi connectivity index (χ3n) is 4.20. The van der Waals surface area contributed by atoms with Crippen molar-refractivity contribution in [3.05, 3.63) is 35.4 Å². The van der Waals surface area contributed by atoms with Crippen molar-refractivity contribution in [2.45, 2.75) is 66.1 Å². The maximum Gasteiger partial charge on any atom is 0.416 e. The zero-order chi connectivity index (χ0) is 21.8. The van der Waals surface area contributed by atoms with Crippen molar-refractivity contribution in [1.82, 2.24) is 4.90 Å². The van der Waals surface area contributed by atoms with Gasteiger partial charge in [-0.15, -0.1) is 0 Å². The number of ether oxygens (including phenoxy) is 1. The van der Waals surface area contributed by atoms with Gasteiger partial charge >= 0.3 is 12.1 Å². The van der Waals surface area contributed by atoms with E-state index in [1.54, 1.807) is 6.92 Å². The zero-order valence-electron chi connectivity index (χ0n) is 17.4. The van der Waals surface area contributed by atoms with Gasteiger partial charge in [0.1, 0.15) is 6.54 Å². The Balaban J connectivity index is 3.12. The number of esters is 1. The molecule has 1 amide bonds. The van der Waals surface area contributed by atoms with E-state index in [-0.39, 0.29) is 30.6 Å². The maximum atomic E-state index is 13.0. The molecule has 0 saturated heterocycles. The number of amides is 1. The number of benzene rings is 1. The lowest BCUT2D eigenvalue weighted by atomic mass is 9.80. The average molecular weight is 401 g/mol. The normalized spacial score (nSPS) is 12.6. The Bertz CT molecular complexity index is 691. The molecule has 0 unspecified atom stereocenters. The largest absolute Gasteiger partial charge is 0.465 e. The molecule has 0 aliphatic heterocycles. The summed E-state index contributed by atoms with van der Waals surface area (Å²) in [6.45, 7) is 11.4. The predicted molar refractivity (Wildman–Crippen MR) is 102 cm³/mol. The molecule has 0 aliphatic carbocycles. The second kappa shape index (κ2) is 8.97. The minimum atomic E-state index is -4.48. The molecule has 0 N–H and O–H groups in total. The first-order valence-electron chi connectivity index (χ1n) is 9.28. The van der Waals surface area contributed by atoms with Gasteiger partial charge in [0.15, 0.2) is 0 Å². The Kier molecular flexibility index (Phi) is 7.68. The summed E-state index contributed by atoms with van der Waals surface area (Å²) in [6.07, 6.45) is -4.10. The highest BCUT2D eigenvalue weighted by Gasteiger charge is 2.36. The SMILES string of the molecule is CCOC(=O)CN(C(=O)Cc1cccc(C(F)(F)F)c1)C(C)(C)CC(C)(C)C. The van der Waals surface area contributed by atoms with Crippen molar-refractivity contribution < 1.29 is 27.5 Å². The number of hydrogen-bond acceptors (Lipinski definition) is 3. The van der Waals surface area contributed by atoms with E-state index in [0.717, 1.165) is 12.1 Å². The fourth-order valence-corrected chi connectivity index (χ4v) is 3.50. The molecule has 0 bridgehead atoms. The third kappa shape index (κ3) is 7.52. The van der Waals surface area contributed by atoms with Gasteiger partial charge in [-0.25, -0.2) is 0 Å². The molecule has 0 fully saturated rings. The molecule has 0 saturated carbocycles. The molecule has 28 heavy (non-hydrogen) atoms. The van der Waals surface area contributed by atoms with Crippen LogP contribution in [0.1, 0.15) is 59.1 Å². The minimum absolute atomic E-state index is 0.118. The van der Waals surface area contributed by atoms with Crippen LogP contribution in [0.4, 0.5) is 13.2 Å². The second-order valence-corrected chi connectivity index (χ2v) is 8.71. The number of carbonyl (C=O) groups is 2. The molecule has 1 aromatic rings. The first kappa shape index (κ1) is 24.0. The molecule has 0 aliphatic rings. The Morgan fingerprint density at radius 1 is 1.07 bits per heavy atom. The highest BCUT2D eigenvalue weighted by atomic mass is 19.4. The van der Waals surface area contributed by atoms with Crippen molar-refractivity contribution >= 4 is 11.9 Å². The Morgan fingerprint density at radius 3 is 2.18 bits per heavy atom. The van der Waals surface area contributed by atoms with Crippen LogP contribution in [0.15, 0.2) is 24.3 Å². The summed E-state index contributed by atoms with van der Waals surface area (Å²) < 4.78 is 43.8. The maximum absolute atomic E-state index is 13.0. The summed E-state index contributed by atoms with van der Waals surface area (Å²) in [6, 6.07) is 4.69. The highest BCUT2D eigenvalue weighted by Crippen LogP contribution is 2.32. The summed E-state index contributed by atoms with van der Waals surface area (Å²) in [5, 5.41) is 0. The Morgan fingerprint density at radius 2 is 1.68 bits per heavy atom. The van der Waals surface area contributed by atoms with Gasteiger partial charge in [-0.1, -0.05) is 39.0 Å². The van der Waals surface area contributed by atoms with Crippen LogP contribution in [0, 0.1) is 5.41 Å². The van der Waals surface area contributed by atoms with Crippen LogP contribution in [0.5, 0.6) is 0 Å². The van der Waals surface area contributed by atoms with Crippen molar-refractivity contribution in [3.8, 4) is 0 Å². The molecule has 0 spiro atoms. The van der Waals surface area contributed by atoms with E-state index in [1.165, 1.54) is 17.0 Å². The first-order valence-corrected chi connectivity index (χ1v) is 9.28. The number of hydrogen-bond donors (Lipinski definition) is 0. The van der Waals surface area contributed by atoms with Crippen molar-refractivity contribution in [2.24, 2.45) is 5.41 Å². The lowest BCUT2D eigenvalue weighted by Gasteiger charge is -2.42. The molecule has 1 aromatic carbocycles. The Labute approximate surface area is 165 Å². The molecular formula is C21H30F3NO3. The third-order valence-corrected chi connectivity index (χ3v) is 4.20. The van der Waals surface area contributed by atoms with E-state index in [2.05, 4.69) is 0 Å². The van der Waals surface area contributed by atoms with Gasteiger partial charge < -0.3 is 9.64 Å². The first-order chi connectivity index (χ1) is 12.7. The summed E-state index contributed by atoms with van der Waals surface area (Å²) >= 11 is 0. The molecular weight excluding hydrogens is 371 g/mol. The number of carbonyl (C=O) groups excluding carboxylic acids is 2. The van der Waals surface area contributed by atoms with E-state index in [4.69, 9.17) is 4.74 Å². The molecule has 0 atom stereocenters. The van der Waals surface area contributed by atoms with Gasteiger partial charge in [0.2, 0.25) is 5.91 Å². The molecule has 4 nitrogen and oxygen atoms in total. The van der Waals surface area contributed by atoms with Crippen LogP contribution in [0.3, 0.4) is 0 Å². The van der Waals surface area contributed by atoms with Gasteiger partial charge in [-0.3, -0.25) is 9.59 Å². The second-order valence-electron chi connectivity index (χ2n) is 8.71. The fourth-order valence-electron chi connectivity index (χ4n) is 3.50. The van der Waals surface area contributed by atoms with E-state index in [1.807, 2.05) is 34.6 Å². The summed E-state index contributed by atoms with van der Waals surface area (Å²) in [5.74, 6) is -0.955. The monoisotopic (exact) mass is 401 g/mol. The average Bonchev–Trinajstić information content (AvgIpc) is 2.49. The molecule has 158 valence electrons. The van der Waals surface area contributed by atoms with Crippen LogP contribution in [0.25, 0.3) is 0 Å². The summed E-state index contributed by atoms with van der Waals surface area (Å²) in [5.41, 5.74) is -1.35. The molecule has 7 heteroatoms. The van der Waals surface area contributed by atoms with Gasteiger partial charge in [-0.05, 0) is 44.2 Å². The van der Waals surface area contributed by atoms with Crippen LogP contribution < -0.4 is 0 Å². The highest BCUT2D eigenvalue weighted by molar-refractivity contribution is 5.84. The minimum Gasteiger partial charge on any atom is -0.465 e. The zero-order valence-corrected chi connectivity index (χ0v) is 17.4. The van der Waals surface area contributed by atoms with Crippen molar-refractivity contribution in [1.29, 1.82) is 0 Å². The molecule has 0 heterocycles. The number of nitrogens with zero attached hydrogens (tertiary/aromatic N) is 1. The summed E-state index contributed by atoms with van der Waals surface area (Å²) in [7, 11) is 0. The molecule has 0 aromatic heterocycles. The van der Waals surface area contributed by atoms with Crippen LogP contribution >= 0.6 is 0 Å². The van der Waals surface area contributed by atoms with E-state index in [9.17, 15) is 22.8 Å². The van der Waals surface area contributed by atoms with Crippen LogP contribution in [-0.4, -0.2) is 35.5 Å². The predicted octanol–water partition coefficient (Wildman–Crippen LogP) is 4.85.